The zero-order valence-electron chi connectivity index (χ0n) is 17.4. The number of sulfonamides is 2. The standard InChI is InChI=1S/C19H24N4O7S2/c1-20-31(26,27)14-16-4-2-3-15(11-16)13-21-18-6-5-17(23(24)25)12-19(18)32(28,29)22-7-9-30-10-8-22/h2-6,11-12,20-21H,7-10,13-14H2,1H3. The summed E-state index contributed by atoms with van der Waals surface area (Å²) >= 11 is 0. The Balaban J connectivity index is 1.88. The van der Waals surface area contributed by atoms with Gasteiger partial charge in [-0.15, -0.1) is 0 Å². The number of rotatable bonds is 9. The number of nitrogens with one attached hydrogen (secondary N) is 2. The van der Waals surface area contributed by atoms with Gasteiger partial charge < -0.3 is 10.1 Å². The summed E-state index contributed by atoms with van der Waals surface area (Å²) in [5.74, 6) is -0.189. The summed E-state index contributed by atoms with van der Waals surface area (Å²) in [6.07, 6.45) is 0. The second-order valence-electron chi connectivity index (χ2n) is 7.09. The molecule has 2 aromatic rings. The molecule has 0 radical (unpaired) electrons. The molecule has 2 N–H and O–H groups in total. The Morgan fingerprint density at radius 3 is 2.41 bits per heavy atom. The van der Waals surface area contributed by atoms with Crippen molar-refractivity contribution in [2.24, 2.45) is 0 Å². The van der Waals surface area contributed by atoms with Crippen LogP contribution in [-0.4, -0.2) is 59.4 Å². The fourth-order valence-electron chi connectivity index (χ4n) is 3.23. The monoisotopic (exact) mass is 484 g/mol. The summed E-state index contributed by atoms with van der Waals surface area (Å²) in [7, 11) is -6.09. The summed E-state index contributed by atoms with van der Waals surface area (Å²) in [4.78, 5) is 10.4. The summed E-state index contributed by atoms with van der Waals surface area (Å²) in [6, 6.07) is 10.5. The van der Waals surface area contributed by atoms with Crippen LogP contribution in [0.3, 0.4) is 0 Å². The van der Waals surface area contributed by atoms with Gasteiger partial charge in [0.1, 0.15) is 4.90 Å². The van der Waals surface area contributed by atoms with Gasteiger partial charge in [0.05, 0.1) is 29.6 Å². The first-order chi connectivity index (χ1) is 15.1. The minimum absolute atomic E-state index is 0.159. The molecule has 2 aromatic carbocycles. The molecular weight excluding hydrogens is 460 g/mol. The average molecular weight is 485 g/mol. The summed E-state index contributed by atoms with van der Waals surface area (Å²) in [6.45, 7) is 1.01. The molecule has 1 saturated heterocycles. The normalized spacial score (nSPS) is 15.4. The van der Waals surface area contributed by atoms with Gasteiger partial charge in [0.25, 0.3) is 5.69 Å². The quantitative estimate of drug-likeness (QED) is 0.399. The Morgan fingerprint density at radius 2 is 1.75 bits per heavy atom. The minimum atomic E-state index is -3.99. The number of nitrogens with zero attached hydrogens (tertiary/aromatic N) is 2. The van der Waals surface area contributed by atoms with Gasteiger partial charge in [0, 0.05) is 31.8 Å². The van der Waals surface area contributed by atoms with E-state index in [0.29, 0.717) is 5.56 Å². The van der Waals surface area contributed by atoms with Crippen LogP contribution in [0.25, 0.3) is 0 Å². The maximum atomic E-state index is 13.2. The summed E-state index contributed by atoms with van der Waals surface area (Å²) < 4.78 is 58.6. The van der Waals surface area contributed by atoms with Gasteiger partial charge in [0.2, 0.25) is 20.0 Å². The van der Waals surface area contributed by atoms with E-state index in [1.165, 1.54) is 23.5 Å². The molecule has 32 heavy (non-hydrogen) atoms. The van der Waals surface area contributed by atoms with E-state index in [-0.39, 0.29) is 54.9 Å². The lowest BCUT2D eigenvalue weighted by atomic mass is 10.1. The lowest BCUT2D eigenvalue weighted by Gasteiger charge is -2.27. The molecule has 0 amide bonds. The van der Waals surface area contributed by atoms with Crippen LogP contribution in [-0.2, 0) is 37.1 Å². The van der Waals surface area contributed by atoms with Crippen LogP contribution in [0.1, 0.15) is 11.1 Å². The number of nitro benzene ring substituents is 1. The molecule has 0 saturated carbocycles. The average Bonchev–Trinajstić information content (AvgIpc) is 2.78. The Morgan fingerprint density at radius 1 is 1.06 bits per heavy atom. The first-order valence-corrected chi connectivity index (χ1v) is 12.8. The van der Waals surface area contributed by atoms with Crippen LogP contribution < -0.4 is 10.0 Å². The number of benzene rings is 2. The molecule has 3 rings (SSSR count). The lowest BCUT2D eigenvalue weighted by molar-refractivity contribution is -0.385. The number of hydrogen-bond acceptors (Lipinski definition) is 8. The topological polar surface area (TPSA) is 148 Å². The van der Waals surface area contributed by atoms with E-state index in [9.17, 15) is 26.9 Å². The minimum Gasteiger partial charge on any atom is -0.380 e. The molecule has 1 fully saturated rings. The van der Waals surface area contributed by atoms with E-state index in [1.807, 2.05) is 0 Å². The first kappa shape index (κ1) is 24.1. The van der Waals surface area contributed by atoms with Crippen LogP contribution in [0, 0.1) is 10.1 Å². The highest BCUT2D eigenvalue weighted by atomic mass is 32.2. The molecule has 0 atom stereocenters. The molecule has 1 aliphatic rings. The first-order valence-electron chi connectivity index (χ1n) is 9.71. The van der Waals surface area contributed by atoms with Crippen molar-refractivity contribution in [1.29, 1.82) is 0 Å². The number of hydrogen-bond donors (Lipinski definition) is 2. The SMILES string of the molecule is CNS(=O)(=O)Cc1cccc(CNc2ccc([N+](=O)[O-])cc2S(=O)(=O)N2CCOCC2)c1. The zero-order chi connectivity index (χ0) is 23.4. The Labute approximate surface area is 186 Å². The Kier molecular flexibility index (Phi) is 7.46. The lowest BCUT2D eigenvalue weighted by Crippen LogP contribution is -2.40. The Bertz CT molecular complexity index is 1190. The van der Waals surface area contributed by atoms with Crippen molar-refractivity contribution in [2.45, 2.75) is 17.2 Å². The molecule has 0 aromatic heterocycles. The van der Waals surface area contributed by atoms with Gasteiger partial charge in [0.15, 0.2) is 0 Å². The van der Waals surface area contributed by atoms with Crippen molar-refractivity contribution < 1.29 is 26.5 Å². The van der Waals surface area contributed by atoms with Crippen LogP contribution >= 0.6 is 0 Å². The van der Waals surface area contributed by atoms with Gasteiger partial charge in [-0.2, -0.15) is 4.31 Å². The molecule has 1 aliphatic heterocycles. The van der Waals surface area contributed by atoms with Gasteiger partial charge in [-0.05, 0) is 24.2 Å². The van der Waals surface area contributed by atoms with Crippen molar-refractivity contribution in [3.05, 3.63) is 63.7 Å². The number of non-ortho nitro benzene ring substituents is 1. The molecule has 0 unspecified atom stereocenters. The number of ether oxygens (including phenoxy) is 1. The van der Waals surface area contributed by atoms with Crippen molar-refractivity contribution in [3.63, 3.8) is 0 Å². The molecule has 11 nitrogen and oxygen atoms in total. The fraction of sp³-hybridized carbons (Fsp3) is 0.368. The third-order valence-electron chi connectivity index (χ3n) is 4.91. The van der Waals surface area contributed by atoms with E-state index in [4.69, 9.17) is 4.74 Å². The zero-order valence-corrected chi connectivity index (χ0v) is 19.0. The molecule has 13 heteroatoms. The van der Waals surface area contributed by atoms with Crippen LogP contribution in [0.4, 0.5) is 11.4 Å². The molecule has 0 spiro atoms. The Hall–Kier alpha value is -2.58. The van der Waals surface area contributed by atoms with Gasteiger partial charge in [-0.3, -0.25) is 10.1 Å². The third kappa shape index (κ3) is 5.81. The van der Waals surface area contributed by atoms with E-state index < -0.39 is 25.0 Å². The number of anilines is 1. The van der Waals surface area contributed by atoms with E-state index >= 15 is 0 Å². The summed E-state index contributed by atoms with van der Waals surface area (Å²) in [5.41, 5.74) is 1.18. The highest BCUT2D eigenvalue weighted by molar-refractivity contribution is 7.89. The van der Waals surface area contributed by atoms with E-state index in [2.05, 4.69) is 10.0 Å². The smallest absolute Gasteiger partial charge is 0.270 e. The molecule has 0 bridgehead atoms. The molecule has 1 heterocycles. The highest BCUT2D eigenvalue weighted by Gasteiger charge is 2.30. The van der Waals surface area contributed by atoms with Gasteiger partial charge in [-0.1, -0.05) is 24.3 Å². The predicted molar refractivity (Wildman–Crippen MR) is 118 cm³/mol. The maximum Gasteiger partial charge on any atom is 0.270 e. The second-order valence-corrected chi connectivity index (χ2v) is 10.9. The highest BCUT2D eigenvalue weighted by Crippen LogP contribution is 2.30. The number of nitro groups is 1. The van der Waals surface area contributed by atoms with Crippen molar-refractivity contribution in [3.8, 4) is 0 Å². The molecular formula is C19H24N4O7S2. The van der Waals surface area contributed by atoms with Crippen LogP contribution in [0.2, 0.25) is 0 Å². The maximum absolute atomic E-state index is 13.2. The van der Waals surface area contributed by atoms with Gasteiger partial charge >= 0.3 is 0 Å². The molecule has 174 valence electrons. The fourth-order valence-corrected chi connectivity index (χ4v) is 5.59. The van der Waals surface area contributed by atoms with E-state index in [0.717, 1.165) is 11.6 Å². The van der Waals surface area contributed by atoms with Crippen LogP contribution in [0.15, 0.2) is 47.4 Å². The molecule has 0 aliphatic carbocycles. The largest absolute Gasteiger partial charge is 0.380 e. The third-order valence-corrected chi connectivity index (χ3v) is 8.18. The van der Waals surface area contributed by atoms with Crippen molar-refractivity contribution >= 4 is 31.4 Å². The van der Waals surface area contributed by atoms with Crippen molar-refractivity contribution in [2.75, 3.05) is 38.7 Å². The predicted octanol–water partition coefficient (Wildman–Crippen LogP) is 1.28. The van der Waals surface area contributed by atoms with E-state index in [1.54, 1.807) is 24.3 Å². The second kappa shape index (κ2) is 9.92. The summed E-state index contributed by atoms with van der Waals surface area (Å²) in [5, 5.41) is 14.2. The van der Waals surface area contributed by atoms with Crippen LogP contribution in [0.5, 0.6) is 0 Å². The number of morpholine rings is 1. The van der Waals surface area contributed by atoms with Crippen molar-refractivity contribution in [1.82, 2.24) is 9.03 Å². The van der Waals surface area contributed by atoms with Gasteiger partial charge in [-0.25, -0.2) is 21.6 Å².